The van der Waals surface area contributed by atoms with Gasteiger partial charge in [0.2, 0.25) is 0 Å². The van der Waals surface area contributed by atoms with E-state index < -0.39 is 17.7 Å². The van der Waals surface area contributed by atoms with Crippen LogP contribution in [0.2, 0.25) is 0 Å². The van der Waals surface area contributed by atoms with Crippen molar-refractivity contribution in [3.8, 4) is 0 Å². The molecule has 2 unspecified atom stereocenters. The molecule has 0 aromatic rings. The third kappa shape index (κ3) is 4.28. The third-order valence-corrected chi connectivity index (χ3v) is 2.34. The molecule has 0 aromatic heterocycles. The van der Waals surface area contributed by atoms with E-state index in [-0.39, 0.29) is 18.6 Å². The molecule has 1 aliphatic rings. The van der Waals surface area contributed by atoms with Gasteiger partial charge in [-0.15, -0.1) is 6.58 Å². The fourth-order valence-electron chi connectivity index (χ4n) is 1.76. The first-order chi connectivity index (χ1) is 7.84. The topological polar surface area (TPSA) is 61.8 Å². The van der Waals surface area contributed by atoms with Crippen LogP contribution in [0.4, 0.5) is 0 Å². The molecule has 1 aliphatic heterocycles. The molecule has 1 fully saturated rings. The highest BCUT2D eigenvalue weighted by atomic mass is 16.7. The Morgan fingerprint density at radius 2 is 2.06 bits per heavy atom. The van der Waals surface area contributed by atoms with Gasteiger partial charge in [-0.05, 0) is 20.3 Å². The van der Waals surface area contributed by atoms with Crippen LogP contribution in [-0.4, -0.2) is 29.9 Å². The Morgan fingerprint density at radius 1 is 1.41 bits per heavy atom. The van der Waals surface area contributed by atoms with Gasteiger partial charge in [-0.1, -0.05) is 6.08 Å². The second-order valence-corrected chi connectivity index (χ2v) is 4.38. The van der Waals surface area contributed by atoms with Crippen LogP contribution in [0.1, 0.15) is 33.6 Å². The van der Waals surface area contributed by atoms with Gasteiger partial charge in [0.05, 0.1) is 6.10 Å². The summed E-state index contributed by atoms with van der Waals surface area (Å²) in [5, 5.41) is 0. The lowest BCUT2D eigenvalue weighted by Crippen LogP contribution is -2.22. The first-order valence-electron chi connectivity index (χ1n) is 5.53. The van der Waals surface area contributed by atoms with Crippen molar-refractivity contribution in [1.82, 2.24) is 0 Å². The Labute approximate surface area is 101 Å². The van der Waals surface area contributed by atoms with Crippen molar-refractivity contribution in [2.75, 3.05) is 0 Å². The number of hydrogen-bond acceptors (Lipinski definition) is 5. The Kier molecular flexibility index (Phi) is 4.42. The van der Waals surface area contributed by atoms with Crippen molar-refractivity contribution in [3.05, 3.63) is 12.7 Å². The fraction of sp³-hybridized carbons (Fsp3) is 0.667. The molecule has 0 N–H and O–H groups in total. The first kappa shape index (κ1) is 13.9. The van der Waals surface area contributed by atoms with Crippen LogP contribution in [0, 0.1) is 0 Å². The maximum absolute atomic E-state index is 11.2. The van der Waals surface area contributed by atoms with E-state index in [1.807, 2.05) is 0 Å². The van der Waals surface area contributed by atoms with Crippen molar-refractivity contribution in [1.29, 1.82) is 0 Å². The minimum atomic E-state index is -0.673. The molecular formula is C12H18O5. The van der Waals surface area contributed by atoms with Crippen LogP contribution >= 0.6 is 0 Å². The Morgan fingerprint density at radius 3 is 2.59 bits per heavy atom. The molecule has 5 heteroatoms. The average molecular weight is 242 g/mol. The smallest absolute Gasteiger partial charge is 0.313 e. The molecule has 0 radical (unpaired) electrons. The summed E-state index contributed by atoms with van der Waals surface area (Å²) in [6, 6.07) is 0. The lowest BCUT2D eigenvalue weighted by Gasteiger charge is -2.16. The second kappa shape index (κ2) is 5.42. The summed E-state index contributed by atoms with van der Waals surface area (Å²) in [5.74, 6) is -1.82. The van der Waals surface area contributed by atoms with Crippen LogP contribution in [0.3, 0.4) is 0 Å². The van der Waals surface area contributed by atoms with Crippen LogP contribution in [0.15, 0.2) is 12.7 Å². The van der Waals surface area contributed by atoms with E-state index >= 15 is 0 Å². The standard InChI is InChI=1S/C12H18O5/c1-5-9-10(17-12(3,4)16-9)6-7-11(14)15-8(2)13/h5,9-10H,1,6-7H2,2-4H3. The Hall–Kier alpha value is -1.20. The number of hydrogen-bond donors (Lipinski definition) is 0. The van der Waals surface area contributed by atoms with Crippen molar-refractivity contribution in [2.24, 2.45) is 0 Å². The van der Waals surface area contributed by atoms with Crippen LogP contribution in [0.5, 0.6) is 0 Å². The summed E-state index contributed by atoms with van der Waals surface area (Å²) in [7, 11) is 0. The maximum atomic E-state index is 11.2. The van der Waals surface area contributed by atoms with Gasteiger partial charge in [-0.3, -0.25) is 9.59 Å². The highest BCUT2D eigenvalue weighted by Gasteiger charge is 2.39. The zero-order valence-electron chi connectivity index (χ0n) is 10.4. The van der Waals surface area contributed by atoms with Gasteiger partial charge < -0.3 is 14.2 Å². The normalized spacial score (nSPS) is 26.5. The predicted molar refractivity (Wildman–Crippen MR) is 60.0 cm³/mol. The van der Waals surface area contributed by atoms with Gasteiger partial charge in [0.25, 0.3) is 0 Å². The molecular weight excluding hydrogens is 224 g/mol. The van der Waals surface area contributed by atoms with E-state index in [2.05, 4.69) is 11.3 Å². The van der Waals surface area contributed by atoms with Crippen LogP contribution < -0.4 is 0 Å². The van der Waals surface area contributed by atoms with Gasteiger partial charge in [-0.25, -0.2) is 0 Å². The fourth-order valence-corrected chi connectivity index (χ4v) is 1.76. The molecule has 5 nitrogen and oxygen atoms in total. The molecule has 0 spiro atoms. The SMILES string of the molecule is C=CC1OC(C)(C)OC1CCC(=O)OC(C)=O. The molecule has 0 aromatic carbocycles. The highest BCUT2D eigenvalue weighted by molar-refractivity contribution is 5.84. The van der Waals surface area contributed by atoms with Crippen molar-refractivity contribution in [3.63, 3.8) is 0 Å². The summed E-state index contributed by atoms with van der Waals surface area (Å²) >= 11 is 0. The summed E-state index contributed by atoms with van der Waals surface area (Å²) in [6.45, 7) is 8.46. The van der Waals surface area contributed by atoms with Crippen LogP contribution in [0.25, 0.3) is 0 Å². The third-order valence-electron chi connectivity index (χ3n) is 2.34. The quantitative estimate of drug-likeness (QED) is 0.425. The molecule has 0 aliphatic carbocycles. The second-order valence-electron chi connectivity index (χ2n) is 4.38. The predicted octanol–water partition coefficient (Wildman–Crippen LogP) is 1.56. The lowest BCUT2D eigenvalue weighted by molar-refractivity contribution is -0.160. The molecule has 1 heterocycles. The zero-order valence-corrected chi connectivity index (χ0v) is 10.4. The van der Waals surface area contributed by atoms with E-state index in [0.717, 1.165) is 0 Å². The molecule has 0 saturated carbocycles. The summed E-state index contributed by atoms with van der Waals surface area (Å²) in [4.78, 5) is 21.8. The van der Waals surface area contributed by atoms with Crippen molar-refractivity contribution < 1.29 is 23.8 Å². The largest absolute Gasteiger partial charge is 0.393 e. The molecule has 1 rings (SSSR count). The van der Waals surface area contributed by atoms with Gasteiger partial charge in [-0.2, -0.15) is 0 Å². The molecule has 1 saturated heterocycles. The number of carbonyl (C=O) groups is 2. The molecule has 0 bridgehead atoms. The number of esters is 2. The molecule has 2 atom stereocenters. The number of rotatable bonds is 4. The van der Waals surface area contributed by atoms with E-state index in [1.54, 1.807) is 19.9 Å². The Bertz CT molecular complexity index is 321. The van der Waals surface area contributed by atoms with E-state index in [9.17, 15) is 9.59 Å². The number of carbonyl (C=O) groups excluding carboxylic acids is 2. The molecule has 17 heavy (non-hydrogen) atoms. The van der Waals surface area contributed by atoms with Gasteiger partial charge in [0, 0.05) is 13.3 Å². The monoisotopic (exact) mass is 242 g/mol. The summed E-state index contributed by atoms with van der Waals surface area (Å²) < 4.78 is 15.6. The Balaban J connectivity index is 2.43. The van der Waals surface area contributed by atoms with Gasteiger partial charge in [0.15, 0.2) is 5.79 Å². The molecule has 0 amide bonds. The van der Waals surface area contributed by atoms with Gasteiger partial charge >= 0.3 is 11.9 Å². The summed E-state index contributed by atoms with van der Waals surface area (Å²) in [6.07, 6.45) is 1.73. The summed E-state index contributed by atoms with van der Waals surface area (Å²) in [5.41, 5.74) is 0. The lowest BCUT2D eigenvalue weighted by atomic mass is 10.1. The maximum Gasteiger partial charge on any atom is 0.313 e. The van der Waals surface area contributed by atoms with E-state index in [4.69, 9.17) is 9.47 Å². The average Bonchev–Trinajstić information content (AvgIpc) is 2.49. The van der Waals surface area contributed by atoms with Crippen molar-refractivity contribution in [2.45, 2.75) is 51.6 Å². The zero-order chi connectivity index (χ0) is 13.1. The first-order valence-corrected chi connectivity index (χ1v) is 5.53. The molecule has 96 valence electrons. The minimum Gasteiger partial charge on any atom is -0.393 e. The van der Waals surface area contributed by atoms with E-state index in [1.165, 1.54) is 6.92 Å². The minimum absolute atomic E-state index is 0.119. The number of ether oxygens (including phenoxy) is 3. The van der Waals surface area contributed by atoms with Crippen LogP contribution in [-0.2, 0) is 23.8 Å². The van der Waals surface area contributed by atoms with E-state index in [0.29, 0.717) is 6.42 Å². The highest BCUT2D eigenvalue weighted by Crippen LogP contribution is 2.31. The van der Waals surface area contributed by atoms with Crippen molar-refractivity contribution >= 4 is 11.9 Å². The van der Waals surface area contributed by atoms with Gasteiger partial charge in [0.1, 0.15) is 6.10 Å².